The molecule has 0 amide bonds. The second-order valence-corrected chi connectivity index (χ2v) is 3.30. The van der Waals surface area contributed by atoms with E-state index in [1.165, 1.54) is 0 Å². The van der Waals surface area contributed by atoms with Gasteiger partial charge < -0.3 is 10.8 Å². The summed E-state index contributed by atoms with van der Waals surface area (Å²) in [5, 5.41) is 2.09. The van der Waals surface area contributed by atoms with E-state index in [2.05, 4.69) is 21.4 Å². The molecule has 14 heavy (non-hydrogen) atoms. The Labute approximate surface area is 101 Å². The van der Waals surface area contributed by atoms with Crippen molar-refractivity contribution in [2.75, 3.05) is 34.8 Å². The average Bonchev–Trinajstić information content (AvgIpc) is 2.16. The summed E-state index contributed by atoms with van der Waals surface area (Å²) in [6.45, 7) is 0.791. The zero-order valence-corrected chi connectivity index (χ0v) is 12.1. The maximum atomic E-state index is 5.36. The Kier molecular flexibility index (Phi) is 6.83. The van der Waals surface area contributed by atoms with E-state index in [4.69, 9.17) is 4.74 Å². The molecule has 0 fully saturated rings. The molecule has 1 N–H and O–H groups in total. The third-order valence-corrected chi connectivity index (χ3v) is 2.25. The van der Waals surface area contributed by atoms with Crippen LogP contribution in [0.3, 0.4) is 0 Å². The van der Waals surface area contributed by atoms with Gasteiger partial charge in [0.1, 0.15) is 0 Å². The normalized spacial score (nSPS) is 27.8. The molecule has 0 spiro atoms. The van der Waals surface area contributed by atoms with Gasteiger partial charge >= 0.3 is 21.1 Å². The molecule has 80 valence electrons. The summed E-state index contributed by atoms with van der Waals surface area (Å²) in [6, 6.07) is 0. The van der Waals surface area contributed by atoms with Crippen LogP contribution in [0.5, 0.6) is 0 Å². The third kappa shape index (κ3) is 3.14. The fraction of sp³-hybridized carbons (Fsp3) is 0.778. The molecule has 1 aliphatic heterocycles. The number of nitrogens with one attached hydrogen (secondary N) is 1. The molecule has 0 aliphatic carbocycles. The van der Waals surface area contributed by atoms with Crippen molar-refractivity contribution in [2.45, 2.75) is 12.3 Å². The summed E-state index contributed by atoms with van der Waals surface area (Å²) >= 11 is 0. The third-order valence-electron chi connectivity index (χ3n) is 2.25. The Balaban J connectivity index is 0.00000169. The monoisotopic (exact) mass is 368 g/mol. The van der Waals surface area contributed by atoms with Gasteiger partial charge in [0, 0.05) is 7.11 Å². The van der Waals surface area contributed by atoms with E-state index in [1.54, 1.807) is 7.11 Å². The maximum Gasteiger partial charge on any atom is 2.00 e. The SMILES string of the molecule is CNN1C[C-]=CC(OC)C1N(C)C.[W+2]. The fourth-order valence-corrected chi connectivity index (χ4v) is 1.60. The fourth-order valence-electron chi connectivity index (χ4n) is 1.60. The van der Waals surface area contributed by atoms with Gasteiger partial charge in [0.2, 0.25) is 0 Å². The zero-order chi connectivity index (χ0) is 9.84. The molecule has 2 unspecified atom stereocenters. The molecule has 1 rings (SSSR count). The number of rotatable bonds is 3. The topological polar surface area (TPSA) is 27.7 Å². The van der Waals surface area contributed by atoms with E-state index in [1.807, 2.05) is 27.2 Å². The number of ether oxygens (including phenoxy) is 1. The number of nitrogens with zero attached hydrogens (tertiary/aromatic N) is 2. The molecule has 0 bridgehead atoms. The van der Waals surface area contributed by atoms with E-state index >= 15 is 0 Å². The van der Waals surface area contributed by atoms with Crippen LogP contribution in [0.15, 0.2) is 6.08 Å². The van der Waals surface area contributed by atoms with Crippen LogP contribution < -0.4 is 5.43 Å². The molecule has 5 heteroatoms. The van der Waals surface area contributed by atoms with Crippen LogP contribution in [0.25, 0.3) is 0 Å². The summed E-state index contributed by atoms with van der Waals surface area (Å²) in [4.78, 5) is 2.13. The van der Waals surface area contributed by atoms with Gasteiger partial charge in [0.15, 0.2) is 0 Å². The van der Waals surface area contributed by atoms with E-state index in [9.17, 15) is 0 Å². The van der Waals surface area contributed by atoms with Gasteiger partial charge in [0.05, 0.1) is 12.3 Å². The van der Waals surface area contributed by atoms with E-state index in [0.717, 1.165) is 6.54 Å². The van der Waals surface area contributed by atoms with E-state index in [0.29, 0.717) is 0 Å². The van der Waals surface area contributed by atoms with Gasteiger partial charge in [0.25, 0.3) is 0 Å². The Morgan fingerprint density at radius 1 is 1.57 bits per heavy atom. The molecule has 0 radical (unpaired) electrons. The molecule has 0 aromatic carbocycles. The van der Waals surface area contributed by atoms with Crippen molar-refractivity contribution in [3.8, 4) is 0 Å². The minimum absolute atomic E-state index is 0. The van der Waals surface area contributed by atoms with E-state index in [-0.39, 0.29) is 33.3 Å². The van der Waals surface area contributed by atoms with Gasteiger partial charge in [-0.15, -0.1) is 6.54 Å². The molecular weight excluding hydrogens is 350 g/mol. The molecule has 0 saturated heterocycles. The van der Waals surface area contributed by atoms with Crippen LogP contribution >= 0.6 is 0 Å². The Bertz CT molecular complexity index is 187. The minimum atomic E-state index is 0. The Hall–Kier alpha value is 0.268. The molecular formula is C9H18N3OW+. The molecule has 1 heterocycles. The largest absolute Gasteiger partial charge is 2.00 e. The zero-order valence-electron chi connectivity index (χ0n) is 9.15. The molecule has 2 atom stereocenters. The van der Waals surface area contributed by atoms with Crippen LogP contribution in [-0.4, -0.2) is 57.0 Å². The van der Waals surface area contributed by atoms with Gasteiger partial charge in [-0.2, -0.15) is 0 Å². The van der Waals surface area contributed by atoms with Crippen molar-refractivity contribution in [2.24, 2.45) is 0 Å². The number of hydrazine groups is 1. The van der Waals surface area contributed by atoms with Crippen LogP contribution in [0, 0.1) is 6.08 Å². The molecule has 0 saturated carbocycles. The average molecular weight is 368 g/mol. The van der Waals surface area contributed by atoms with Crippen LogP contribution in [0.2, 0.25) is 0 Å². The van der Waals surface area contributed by atoms with Crippen molar-refractivity contribution in [3.05, 3.63) is 12.2 Å². The van der Waals surface area contributed by atoms with Crippen molar-refractivity contribution >= 4 is 0 Å². The van der Waals surface area contributed by atoms with Crippen molar-refractivity contribution in [1.82, 2.24) is 15.3 Å². The van der Waals surface area contributed by atoms with Crippen molar-refractivity contribution in [1.29, 1.82) is 0 Å². The summed E-state index contributed by atoms with van der Waals surface area (Å²) < 4.78 is 5.36. The predicted octanol–water partition coefficient (Wildman–Crippen LogP) is -0.304. The standard InChI is InChI=1S/C9H18N3O.W/c1-10-12-7-5-6-8(13-4)9(12)11(2)3;/h6,8-10H,7H2,1-4H3;/q-1;+2. The molecule has 4 nitrogen and oxygen atoms in total. The number of hydrogen-bond acceptors (Lipinski definition) is 4. The van der Waals surface area contributed by atoms with Crippen LogP contribution in [-0.2, 0) is 25.8 Å². The minimum Gasteiger partial charge on any atom is -0.482 e. The second-order valence-electron chi connectivity index (χ2n) is 3.30. The van der Waals surface area contributed by atoms with E-state index < -0.39 is 0 Å². The first-order valence-corrected chi connectivity index (χ1v) is 4.40. The van der Waals surface area contributed by atoms with Crippen LogP contribution in [0.1, 0.15) is 0 Å². The predicted molar refractivity (Wildman–Crippen MR) is 51.9 cm³/mol. The van der Waals surface area contributed by atoms with Crippen LogP contribution in [0.4, 0.5) is 0 Å². The summed E-state index contributed by atoms with van der Waals surface area (Å²) in [5.74, 6) is 0. The van der Waals surface area contributed by atoms with Gasteiger partial charge in [-0.1, -0.05) is 0 Å². The molecule has 1 aliphatic rings. The summed E-state index contributed by atoms with van der Waals surface area (Å²) in [6.07, 6.45) is 5.46. The summed E-state index contributed by atoms with van der Waals surface area (Å²) in [7, 11) is 7.72. The first-order chi connectivity index (χ1) is 6.20. The smallest absolute Gasteiger partial charge is 0.482 e. The Morgan fingerprint density at radius 2 is 2.21 bits per heavy atom. The summed E-state index contributed by atoms with van der Waals surface area (Å²) in [5.41, 5.74) is 3.13. The number of hydrogen-bond donors (Lipinski definition) is 1. The number of methoxy groups -OCH3 is 1. The maximum absolute atomic E-state index is 5.36. The first-order valence-electron chi connectivity index (χ1n) is 4.40. The first kappa shape index (κ1) is 14.3. The van der Waals surface area contributed by atoms with Gasteiger partial charge in [-0.25, -0.2) is 6.08 Å². The van der Waals surface area contributed by atoms with Gasteiger partial charge in [-0.05, 0) is 21.1 Å². The quantitative estimate of drug-likeness (QED) is 0.693. The van der Waals surface area contributed by atoms with Crippen molar-refractivity contribution in [3.63, 3.8) is 0 Å². The molecule has 0 aromatic rings. The Morgan fingerprint density at radius 3 is 2.64 bits per heavy atom. The molecule has 0 aromatic heterocycles. The van der Waals surface area contributed by atoms with Gasteiger partial charge in [-0.3, -0.25) is 15.3 Å². The second kappa shape index (κ2) is 6.70. The van der Waals surface area contributed by atoms with Crippen molar-refractivity contribution < 1.29 is 25.8 Å². The number of likely N-dealkylation sites (N-methyl/N-ethyl adjacent to an activating group) is 1.